The number of carboxylic acid groups (broad SMARTS) is 2. The molecule has 3 heterocycles. The van der Waals surface area contributed by atoms with Crippen LogP contribution in [0.3, 0.4) is 0 Å². The molecule has 0 saturated carbocycles. The third-order valence-electron chi connectivity index (χ3n) is 5.46. The van der Waals surface area contributed by atoms with Gasteiger partial charge in [-0.05, 0) is 37.9 Å². The number of carboxylic acids is 2. The fourth-order valence-electron chi connectivity index (χ4n) is 3.66. The number of aliphatic carboxylic acids is 2. The lowest BCUT2D eigenvalue weighted by Gasteiger charge is -2.35. The van der Waals surface area contributed by atoms with Gasteiger partial charge in [-0.1, -0.05) is 0 Å². The highest BCUT2D eigenvalue weighted by molar-refractivity contribution is 5.89. The third-order valence-corrected chi connectivity index (χ3v) is 5.46. The Morgan fingerprint density at radius 2 is 1.59 bits per heavy atom. The van der Waals surface area contributed by atoms with Crippen molar-refractivity contribution in [1.29, 1.82) is 0 Å². The van der Waals surface area contributed by atoms with Crippen molar-refractivity contribution in [3.05, 3.63) is 36.0 Å². The van der Waals surface area contributed by atoms with Gasteiger partial charge >= 0.3 is 18.1 Å². The highest BCUT2D eigenvalue weighted by Crippen LogP contribution is 2.29. The van der Waals surface area contributed by atoms with Gasteiger partial charge in [-0.2, -0.15) is 13.2 Å². The molecule has 3 rings (SSSR count). The number of anilines is 1. The summed E-state index contributed by atoms with van der Waals surface area (Å²) in [5.74, 6) is -1.63. The highest BCUT2D eigenvalue weighted by Gasteiger charge is 2.31. The molecule has 2 N–H and O–H groups in total. The molecule has 0 bridgehead atoms. The molecule has 188 valence electrons. The van der Waals surface area contributed by atoms with Gasteiger partial charge in [0.1, 0.15) is 5.82 Å². The minimum Gasteiger partial charge on any atom is -0.478 e. The zero-order valence-corrected chi connectivity index (χ0v) is 18.7. The molecule has 2 aliphatic rings. The van der Waals surface area contributed by atoms with Crippen LogP contribution in [0.4, 0.5) is 19.0 Å². The largest absolute Gasteiger partial charge is 0.478 e. The van der Waals surface area contributed by atoms with E-state index in [1.807, 2.05) is 9.80 Å². The number of alkyl halides is 3. The number of likely N-dealkylation sites (tertiary alicyclic amines) is 1. The minimum atomic E-state index is -4.34. The predicted molar refractivity (Wildman–Crippen MR) is 117 cm³/mol. The lowest BCUT2D eigenvalue weighted by molar-refractivity contribution is -0.138. The Morgan fingerprint density at radius 3 is 2.06 bits per heavy atom. The first kappa shape index (κ1) is 27.1. The molecule has 0 unspecified atom stereocenters. The van der Waals surface area contributed by atoms with Gasteiger partial charge in [0.15, 0.2) is 0 Å². The number of carbonyl (C=O) groups is 3. The molecular formula is C22H29F3N4O5. The molecular weight excluding hydrogens is 457 g/mol. The number of unbranched alkanes of at least 4 members (excludes halogenated alkanes) is 1. The van der Waals surface area contributed by atoms with Crippen molar-refractivity contribution in [3.8, 4) is 0 Å². The predicted octanol–water partition coefficient (Wildman–Crippen LogP) is 2.34. The summed E-state index contributed by atoms with van der Waals surface area (Å²) in [6, 6.07) is 2.54. The molecule has 1 aromatic rings. The number of piperazine rings is 1. The van der Waals surface area contributed by atoms with Gasteiger partial charge in [-0.15, -0.1) is 0 Å². The summed E-state index contributed by atoms with van der Waals surface area (Å²) in [7, 11) is 0. The second kappa shape index (κ2) is 12.9. The average molecular weight is 486 g/mol. The van der Waals surface area contributed by atoms with Crippen molar-refractivity contribution >= 4 is 23.7 Å². The van der Waals surface area contributed by atoms with E-state index in [1.165, 1.54) is 6.07 Å². The molecule has 2 aliphatic heterocycles. The van der Waals surface area contributed by atoms with Crippen molar-refractivity contribution in [1.82, 2.24) is 14.8 Å². The van der Waals surface area contributed by atoms with Crippen LogP contribution in [0.25, 0.3) is 0 Å². The number of nitrogens with zero attached hydrogens (tertiary/aromatic N) is 4. The SMILES string of the molecule is O=C(O)/C=C/C(=O)O.O=C1CCCN1CCCCN1CCN(c2ccc(C(F)(F)F)cn2)CC1. The number of halogens is 3. The molecule has 0 atom stereocenters. The van der Waals surface area contributed by atoms with Crippen LogP contribution in [0.2, 0.25) is 0 Å². The zero-order chi connectivity index (χ0) is 25.1. The second-order valence-corrected chi connectivity index (χ2v) is 7.93. The maximum absolute atomic E-state index is 12.6. The van der Waals surface area contributed by atoms with Crippen LogP contribution in [-0.4, -0.2) is 88.7 Å². The van der Waals surface area contributed by atoms with E-state index in [1.54, 1.807) is 0 Å². The Morgan fingerprint density at radius 1 is 0.971 bits per heavy atom. The number of hydrogen-bond donors (Lipinski definition) is 2. The summed E-state index contributed by atoms with van der Waals surface area (Å²) in [5.41, 5.74) is -0.712. The van der Waals surface area contributed by atoms with E-state index in [0.29, 0.717) is 24.4 Å². The lowest BCUT2D eigenvalue weighted by Crippen LogP contribution is -2.47. The molecule has 2 fully saturated rings. The van der Waals surface area contributed by atoms with E-state index >= 15 is 0 Å². The van der Waals surface area contributed by atoms with Crippen LogP contribution < -0.4 is 4.90 Å². The molecule has 1 amide bonds. The van der Waals surface area contributed by atoms with E-state index in [2.05, 4.69) is 9.88 Å². The molecule has 0 aromatic carbocycles. The summed E-state index contributed by atoms with van der Waals surface area (Å²) in [6.45, 7) is 6.05. The quantitative estimate of drug-likeness (QED) is 0.425. The molecule has 0 spiro atoms. The number of rotatable bonds is 8. The van der Waals surface area contributed by atoms with E-state index in [4.69, 9.17) is 10.2 Å². The first-order valence-electron chi connectivity index (χ1n) is 11.0. The van der Waals surface area contributed by atoms with Gasteiger partial charge in [0.05, 0.1) is 5.56 Å². The minimum absolute atomic E-state index is 0.280. The van der Waals surface area contributed by atoms with Crippen molar-refractivity contribution < 1.29 is 37.8 Å². The molecule has 2 saturated heterocycles. The fourth-order valence-corrected chi connectivity index (χ4v) is 3.66. The van der Waals surface area contributed by atoms with Gasteiger partial charge in [-0.3, -0.25) is 9.69 Å². The van der Waals surface area contributed by atoms with E-state index in [-0.39, 0.29) is 5.91 Å². The number of hydrogen-bond acceptors (Lipinski definition) is 6. The van der Waals surface area contributed by atoms with Gasteiger partial charge in [-0.25, -0.2) is 14.6 Å². The van der Waals surface area contributed by atoms with E-state index < -0.39 is 23.7 Å². The summed E-state index contributed by atoms with van der Waals surface area (Å²) >= 11 is 0. The average Bonchev–Trinajstić information content (AvgIpc) is 3.20. The Balaban J connectivity index is 0.000000440. The molecule has 34 heavy (non-hydrogen) atoms. The Hall–Kier alpha value is -3.15. The summed E-state index contributed by atoms with van der Waals surface area (Å²) in [4.78, 5) is 41.0. The number of amides is 1. The van der Waals surface area contributed by atoms with Crippen LogP contribution in [0.1, 0.15) is 31.2 Å². The monoisotopic (exact) mass is 486 g/mol. The van der Waals surface area contributed by atoms with Crippen LogP contribution in [0.15, 0.2) is 30.5 Å². The lowest BCUT2D eigenvalue weighted by atomic mass is 10.2. The fraction of sp³-hybridized carbons (Fsp3) is 0.545. The Kier molecular flexibility index (Phi) is 10.3. The van der Waals surface area contributed by atoms with Crippen LogP contribution in [0.5, 0.6) is 0 Å². The Bertz CT molecular complexity index is 837. The molecule has 0 radical (unpaired) electrons. The van der Waals surface area contributed by atoms with Crippen LogP contribution in [-0.2, 0) is 20.6 Å². The number of carbonyl (C=O) groups excluding carboxylic acids is 1. The number of aromatic nitrogens is 1. The van der Waals surface area contributed by atoms with Crippen molar-refractivity contribution in [2.75, 3.05) is 50.7 Å². The van der Waals surface area contributed by atoms with Crippen molar-refractivity contribution in [2.45, 2.75) is 31.9 Å². The number of pyridine rings is 1. The highest BCUT2D eigenvalue weighted by atomic mass is 19.4. The summed E-state index contributed by atoms with van der Waals surface area (Å²) < 4.78 is 37.8. The first-order valence-corrected chi connectivity index (χ1v) is 11.0. The standard InChI is InChI=1S/C18H25F3N4O.C4H4O4/c19-18(20,21)15-5-6-16(22-14-15)24-12-10-23(11-13-24)7-1-2-8-25-9-3-4-17(25)26;5-3(6)1-2-4(7)8/h5-6,14H,1-4,7-13H2;1-2H,(H,5,6)(H,7,8)/b;2-1+. The van der Waals surface area contributed by atoms with Crippen LogP contribution >= 0.6 is 0 Å². The van der Waals surface area contributed by atoms with Crippen LogP contribution in [0, 0.1) is 0 Å². The normalized spacial score (nSPS) is 17.1. The van der Waals surface area contributed by atoms with Gasteiger partial charge in [0.25, 0.3) is 0 Å². The summed E-state index contributed by atoms with van der Waals surface area (Å²) in [6.07, 6.45) is 1.43. The maximum atomic E-state index is 12.6. The van der Waals surface area contributed by atoms with Gasteiger partial charge in [0, 0.05) is 64.0 Å². The topological polar surface area (TPSA) is 114 Å². The molecule has 0 aliphatic carbocycles. The zero-order valence-electron chi connectivity index (χ0n) is 18.7. The summed E-state index contributed by atoms with van der Waals surface area (Å²) in [5, 5.41) is 15.6. The third kappa shape index (κ3) is 9.38. The molecule has 12 heteroatoms. The molecule has 9 nitrogen and oxygen atoms in total. The smallest absolute Gasteiger partial charge is 0.417 e. The first-order chi connectivity index (χ1) is 16.1. The molecule has 1 aromatic heterocycles. The van der Waals surface area contributed by atoms with Crippen molar-refractivity contribution in [2.24, 2.45) is 0 Å². The maximum Gasteiger partial charge on any atom is 0.417 e. The van der Waals surface area contributed by atoms with Gasteiger partial charge < -0.3 is 20.0 Å². The second-order valence-electron chi connectivity index (χ2n) is 7.93. The van der Waals surface area contributed by atoms with E-state index in [0.717, 1.165) is 77.3 Å². The van der Waals surface area contributed by atoms with E-state index in [9.17, 15) is 27.6 Å². The Labute approximate surface area is 195 Å². The van der Waals surface area contributed by atoms with Crippen molar-refractivity contribution in [3.63, 3.8) is 0 Å². The van der Waals surface area contributed by atoms with Gasteiger partial charge in [0.2, 0.25) is 5.91 Å².